The summed E-state index contributed by atoms with van der Waals surface area (Å²) in [6, 6.07) is 15.5. The summed E-state index contributed by atoms with van der Waals surface area (Å²) in [7, 11) is 0. The van der Waals surface area contributed by atoms with Crippen molar-refractivity contribution < 1.29 is 9.90 Å². The van der Waals surface area contributed by atoms with Crippen molar-refractivity contribution in [3.63, 3.8) is 0 Å². The molecule has 1 saturated carbocycles. The van der Waals surface area contributed by atoms with Gasteiger partial charge >= 0.3 is 5.97 Å². The molecule has 0 aliphatic heterocycles. The number of hydrogen-bond donors (Lipinski definition) is 1. The molecule has 2 atom stereocenters. The quantitative estimate of drug-likeness (QED) is 0.911. The first-order valence-corrected chi connectivity index (χ1v) is 6.42. The highest BCUT2D eigenvalue weighted by Gasteiger charge is 2.62. The van der Waals surface area contributed by atoms with Gasteiger partial charge < -0.3 is 5.11 Å². The van der Waals surface area contributed by atoms with Crippen LogP contribution in [0.1, 0.15) is 17.7 Å². The van der Waals surface area contributed by atoms with Gasteiger partial charge in [-0.2, -0.15) is 0 Å². The molecule has 0 radical (unpaired) electrons. The van der Waals surface area contributed by atoms with Gasteiger partial charge in [-0.15, -0.1) is 0 Å². The summed E-state index contributed by atoms with van der Waals surface area (Å²) in [6.45, 7) is 0. The summed E-state index contributed by atoms with van der Waals surface area (Å²) in [5.74, 6) is -0.616. The Kier molecular flexibility index (Phi) is 2.82. The predicted octanol–water partition coefficient (Wildman–Crippen LogP) is 2.67. The van der Waals surface area contributed by atoms with E-state index in [9.17, 15) is 9.90 Å². The monoisotopic (exact) mass is 253 g/mol. The number of aromatic nitrogens is 1. The maximum atomic E-state index is 11.6. The molecule has 96 valence electrons. The fourth-order valence-corrected chi connectivity index (χ4v) is 2.79. The van der Waals surface area contributed by atoms with E-state index in [0.717, 1.165) is 6.42 Å². The zero-order valence-electron chi connectivity index (χ0n) is 10.5. The van der Waals surface area contributed by atoms with Crippen LogP contribution in [-0.4, -0.2) is 16.1 Å². The first kappa shape index (κ1) is 11.9. The van der Waals surface area contributed by atoms with Crippen molar-refractivity contribution >= 4 is 5.97 Å². The van der Waals surface area contributed by atoms with Crippen molar-refractivity contribution in [1.29, 1.82) is 0 Å². The third kappa shape index (κ3) is 2.01. The van der Waals surface area contributed by atoms with Crippen LogP contribution in [0.15, 0.2) is 54.7 Å². The van der Waals surface area contributed by atoms with E-state index in [-0.39, 0.29) is 5.92 Å². The van der Waals surface area contributed by atoms with Gasteiger partial charge in [0.15, 0.2) is 0 Å². The van der Waals surface area contributed by atoms with Crippen molar-refractivity contribution in [2.45, 2.75) is 18.3 Å². The summed E-state index contributed by atoms with van der Waals surface area (Å²) in [5, 5.41) is 9.57. The molecular weight excluding hydrogens is 238 g/mol. The van der Waals surface area contributed by atoms with Crippen LogP contribution < -0.4 is 0 Å². The Hall–Kier alpha value is -2.16. The van der Waals surface area contributed by atoms with Gasteiger partial charge in [-0.3, -0.25) is 9.78 Å². The van der Waals surface area contributed by atoms with E-state index in [0.29, 0.717) is 12.1 Å². The van der Waals surface area contributed by atoms with Crippen molar-refractivity contribution in [3.8, 4) is 0 Å². The Balaban J connectivity index is 1.85. The first-order valence-electron chi connectivity index (χ1n) is 6.42. The molecule has 3 nitrogen and oxygen atoms in total. The molecule has 2 unspecified atom stereocenters. The highest BCUT2D eigenvalue weighted by Crippen LogP contribution is 2.55. The van der Waals surface area contributed by atoms with Crippen LogP contribution in [0.3, 0.4) is 0 Å². The lowest BCUT2D eigenvalue weighted by Crippen LogP contribution is -2.24. The number of nitrogens with zero attached hydrogens (tertiary/aromatic N) is 1. The molecule has 3 heteroatoms. The Morgan fingerprint density at radius 2 is 1.95 bits per heavy atom. The topological polar surface area (TPSA) is 50.2 Å². The average Bonchev–Trinajstić information content (AvgIpc) is 3.16. The van der Waals surface area contributed by atoms with Crippen LogP contribution in [0.2, 0.25) is 0 Å². The number of benzene rings is 1. The van der Waals surface area contributed by atoms with E-state index in [2.05, 4.69) is 4.98 Å². The van der Waals surface area contributed by atoms with E-state index in [4.69, 9.17) is 0 Å². The number of aliphatic carboxylic acids is 1. The van der Waals surface area contributed by atoms with Gasteiger partial charge in [0.2, 0.25) is 0 Å². The second kappa shape index (κ2) is 4.50. The molecule has 0 bridgehead atoms. The van der Waals surface area contributed by atoms with Crippen molar-refractivity contribution in [1.82, 2.24) is 4.98 Å². The maximum Gasteiger partial charge on any atom is 0.316 e. The molecule has 1 aromatic heterocycles. The van der Waals surface area contributed by atoms with Crippen LogP contribution in [0.4, 0.5) is 0 Å². The highest BCUT2D eigenvalue weighted by molar-refractivity contribution is 5.85. The molecule has 1 aliphatic rings. The Morgan fingerprint density at radius 3 is 2.58 bits per heavy atom. The molecule has 2 aromatic rings. The molecule has 0 amide bonds. The van der Waals surface area contributed by atoms with Gasteiger partial charge in [-0.05, 0) is 36.5 Å². The molecule has 19 heavy (non-hydrogen) atoms. The standard InChI is InChI=1S/C16H15NO2/c18-15(19)16(14-8-4-5-9-17-14)11-13(16)10-12-6-2-1-3-7-12/h1-9,13H,10-11H2,(H,18,19). The Labute approximate surface area is 111 Å². The van der Waals surface area contributed by atoms with Gasteiger partial charge in [0.1, 0.15) is 5.41 Å². The predicted molar refractivity (Wildman–Crippen MR) is 71.8 cm³/mol. The van der Waals surface area contributed by atoms with Crippen molar-refractivity contribution in [3.05, 3.63) is 66.0 Å². The summed E-state index contributed by atoms with van der Waals surface area (Å²) in [6.07, 6.45) is 3.13. The second-order valence-electron chi connectivity index (χ2n) is 5.08. The molecule has 1 aliphatic carbocycles. The molecule has 0 saturated heterocycles. The fourth-order valence-electron chi connectivity index (χ4n) is 2.79. The van der Waals surface area contributed by atoms with Gasteiger partial charge in [0, 0.05) is 6.20 Å². The van der Waals surface area contributed by atoms with Crippen LogP contribution in [-0.2, 0) is 16.6 Å². The highest BCUT2D eigenvalue weighted by atomic mass is 16.4. The average molecular weight is 253 g/mol. The molecule has 1 N–H and O–H groups in total. The number of carboxylic acid groups (broad SMARTS) is 1. The maximum absolute atomic E-state index is 11.6. The molecule has 1 aromatic carbocycles. The van der Waals surface area contributed by atoms with E-state index < -0.39 is 11.4 Å². The Bertz CT molecular complexity index is 582. The van der Waals surface area contributed by atoms with Gasteiger partial charge in [-0.1, -0.05) is 36.4 Å². The fraction of sp³-hybridized carbons (Fsp3) is 0.250. The van der Waals surface area contributed by atoms with Gasteiger partial charge in [-0.25, -0.2) is 0 Å². The van der Waals surface area contributed by atoms with E-state index in [1.807, 2.05) is 48.5 Å². The SMILES string of the molecule is O=C(O)C1(c2ccccn2)CC1Cc1ccccc1. The third-order valence-electron chi connectivity index (χ3n) is 3.93. The largest absolute Gasteiger partial charge is 0.481 e. The zero-order chi connectivity index (χ0) is 13.3. The summed E-state index contributed by atoms with van der Waals surface area (Å²) in [4.78, 5) is 15.9. The van der Waals surface area contributed by atoms with Gasteiger partial charge in [0.05, 0.1) is 5.69 Å². The minimum Gasteiger partial charge on any atom is -0.481 e. The number of rotatable bonds is 4. The first-order chi connectivity index (χ1) is 9.23. The molecule has 0 spiro atoms. The summed E-state index contributed by atoms with van der Waals surface area (Å²) in [5.41, 5.74) is 1.09. The second-order valence-corrected chi connectivity index (χ2v) is 5.08. The van der Waals surface area contributed by atoms with Crippen molar-refractivity contribution in [2.24, 2.45) is 5.92 Å². The number of hydrogen-bond acceptors (Lipinski definition) is 2. The van der Waals surface area contributed by atoms with Crippen molar-refractivity contribution in [2.75, 3.05) is 0 Å². The van der Waals surface area contributed by atoms with E-state index >= 15 is 0 Å². The van der Waals surface area contributed by atoms with Crippen LogP contribution in [0, 0.1) is 5.92 Å². The lowest BCUT2D eigenvalue weighted by molar-refractivity contribution is -0.140. The lowest BCUT2D eigenvalue weighted by atomic mass is 9.95. The zero-order valence-corrected chi connectivity index (χ0v) is 10.5. The summed E-state index contributed by atoms with van der Waals surface area (Å²) >= 11 is 0. The Morgan fingerprint density at radius 1 is 1.21 bits per heavy atom. The normalized spacial score (nSPS) is 24.9. The number of pyridine rings is 1. The number of carboxylic acids is 1. The minimum absolute atomic E-state index is 0.141. The lowest BCUT2D eigenvalue weighted by Gasteiger charge is -2.11. The van der Waals surface area contributed by atoms with E-state index in [1.54, 1.807) is 6.20 Å². The molecule has 1 heterocycles. The third-order valence-corrected chi connectivity index (χ3v) is 3.93. The summed E-state index contributed by atoms with van der Waals surface area (Å²) < 4.78 is 0. The van der Waals surface area contributed by atoms with Gasteiger partial charge in [0.25, 0.3) is 0 Å². The van der Waals surface area contributed by atoms with Crippen LogP contribution >= 0.6 is 0 Å². The molecule has 1 fully saturated rings. The molecule has 3 rings (SSSR count). The van der Waals surface area contributed by atoms with E-state index in [1.165, 1.54) is 5.56 Å². The van der Waals surface area contributed by atoms with Crippen LogP contribution in [0.25, 0.3) is 0 Å². The minimum atomic E-state index is -0.781. The smallest absolute Gasteiger partial charge is 0.316 e. The number of carbonyl (C=O) groups is 1. The molecular formula is C16H15NO2. The van der Waals surface area contributed by atoms with Crippen LogP contribution in [0.5, 0.6) is 0 Å².